The van der Waals surface area contributed by atoms with Crippen LogP contribution in [0.25, 0.3) is 0 Å². The summed E-state index contributed by atoms with van der Waals surface area (Å²) in [5, 5.41) is 3.42. The number of hydrogen-bond acceptors (Lipinski definition) is 2. The molecule has 23 heavy (non-hydrogen) atoms. The highest BCUT2D eigenvalue weighted by Gasteiger charge is 2.24. The van der Waals surface area contributed by atoms with Crippen molar-refractivity contribution in [3.63, 3.8) is 0 Å². The standard InChI is InChI=1S/C19H31N3O/c1-16(2)15-23-12-10-21-19(20-3)22-11-9-18(14-22)13-17-7-5-4-6-8-17/h4-8,16,18H,9-15H2,1-3H3,(H,20,21). The van der Waals surface area contributed by atoms with E-state index in [1.807, 2.05) is 7.05 Å². The Morgan fingerprint density at radius 3 is 2.83 bits per heavy atom. The Hall–Kier alpha value is -1.55. The van der Waals surface area contributed by atoms with E-state index in [9.17, 15) is 0 Å². The molecular weight excluding hydrogens is 286 g/mol. The highest BCUT2D eigenvalue weighted by molar-refractivity contribution is 5.80. The first-order valence-corrected chi connectivity index (χ1v) is 8.76. The van der Waals surface area contributed by atoms with Crippen LogP contribution in [0.2, 0.25) is 0 Å². The topological polar surface area (TPSA) is 36.9 Å². The zero-order chi connectivity index (χ0) is 16.5. The van der Waals surface area contributed by atoms with Crippen molar-refractivity contribution in [2.75, 3.05) is 39.9 Å². The van der Waals surface area contributed by atoms with Gasteiger partial charge in [-0.25, -0.2) is 0 Å². The van der Waals surface area contributed by atoms with E-state index in [4.69, 9.17) is 4.74 Å². The Labute approximate surface area is 140 Å². The largest absolute Gasteiger partial charge is 0.379 e. The quantitative estimate of drug-likeness (QED) is 0.477. The number of benzene rings is 1. The van der Waals surface area contributed by atoms with Gasteiger partial charge in [-0.15, -0.1) is 0 Å². The van der Waals surface area contributed by atoms with Crippen LogP contribution in [-0.4, -0.2) is 50.8 Å². The van der Waals surface area contributed by atoms with Crippen molar-refractivity contribution in [2.45, 2.75) is 26.7 Å². The van der Waals surface area contributed by atoms with Crippen LogP contribution in [-0.2, 0) is 11.2 Å². The number of aliphatic imine (C=N–C) groups is 1. The van der Waals surface area contributed by atoms with Crippen molar-refractivity contribution in [3.05, 3.63) is 35.9 Å². The lowest BCUT2D eigenvalue weighted by atomic mass is 9.99. The van der Waals surface area contributed by atoms with Gasteiger partial charge in [0.25, 0.3) is 0 Å². The minimum atomic E-state index is 0.589. The summed E-state index contributed by atoms with van der Waals surface area (Å²) < 4.78 is 5.62. The second-order valence-electron chi connectivity index (χ2n) is 6.73. The van der Waals surface area contributed by atoms with Gasteiger partial charge in [-0.1, -0.05) is 44.2 Å². The molecule has 1 heterocycles. The molecule has 1 saturated heterocycles. The number of guanidine groups is 1. The smallest absolute Gasteiger partial charge is 0.193 e. The molecule has 2 rings (SSSR count). The third kappa shape index (κ3) is 6.22. The van der Waals surface area contributed by atoms with Crippen molar-refractivity contribution in [2.24, 2.45) is 16.8 Å². The van der Waals surface area contributed by atoms with Crippen molar-refractivity contribution >= 4 is 5.96 Å². The second kappa shape index (κ2) is 9.56. The SMILES string of the molecule is CN=C(NCCOCC(C)C)N1CCC(Cc2ccccc2)C1. The third-order valence-electron chi connectivity index (χ3n) is 4.15. The summed E-state index contributed by atoms with van der Waals surface area (Å²) in [5.41, 5.74) is 1.43. The molecule has 1 aromatic carbocycles. The summed E-state index contributed by atoms with van der Waals surface area (Å²) in [6.07, 6.45) is 2.39. The lowest BCUT2D eigenvalue weighted by molar-refractivity contribution is 0.114. The minimum Gasteiger partial charge on any atom is -0.379 e. The van der Waals surface area contributed by atoms with Gasteiger partial charge in [-0.05, 0) is 30.2 Å². The zero-order valence-corrected chi connectivity index (χ0v) is 14.8. The van der Waals surface area contributed by atoms with Crippen LogP contribution in [0.15, 0.2) is 35.3 Å². The number of ether oxygens (including phenoxy) is 1. The first kappa shape index (κ1) is 17.8. The minimum absolute atomic E-state index is 0.589. The monoisotopic (exact) mass is 317 g/mol. The molecule has 1 aliphatic rings. The van der Waals surface area contributed by atoms with Gasteiger partial charge in [0.1, 0.15) is 0 Å². The molecule has 4 heteroatoms. The zero-order valence-electron chi connectivity index (χ0n) is 14.8. The van der Waals surface area contributed by atoms with Crippen molar-refractivity contribution in [1.29, 1.82) is 0 Å². The first-order chi connectivity index (χ1) is 11.2. The van der Waals surface area contributed by atoms with E-state index in [2.05, 4.69) is 59.4 Å². The van der Waals surface area contributed by atoms with E-state index in [1.165, 1.54) is 12.0 Å². The Kier molecular flexibility index (Phi) is 7.40. The van der Waals surface area contributed by atoms with Crippen LogP contribution in [0.5, 0.6) is 0 Å². The summed E-state index contributed by atoms with van der Waals surface area (Å²) in [6, 6.07) is 10.8. The molecule has 0 bridgehead atoms. The molecule has 0 saturated carbocycles. The summed E-state index contributed by atoms with van der Waals surface area (Å²) in [6.45, 7) is 8.89. The highest BCUT2D eigenvalue weighted by Crippen LogP contribution is 2.20. The molecule has 1 atom stereocenters. The Morgan fingerprint density at radius 1 is 1.35 bits per heavy atom. The van der Waals surface area contributed by atoms with Crippen LogP contribution in [0.1, 0.15) is 25.8 Å². The molecule has 1 aliphatic heterocycles. The van der Waals surface area contributed by atoms with Crippen molar-refractivity contribution < 1.29 is 4.74 Å². The van der Waals surface area contributed by atoms with Crippen molar-refractivity contribution in [3.8, 4) is 0 Å². The molecule has 1 fully saturated rings. The molecule has 1 aromatic rings. The van der Waals surface area contributed by atoms with Crippen LogP contribution < -0.4 is 5.32 Å². The molecule has 0 aliphatic carbocycles. The van der Waals surface area contributed by atoms with Crippen LogP contribution in [0, 0.1) is 11.8 Å². The average Bonchev–Trinajstić information content (AvgIpc) is 3.00. The van der Waals surface area contributed by atoms with Gasteiger partial charge in [-0.2, -0.15) is 0 Å². The van der Waals surface area contributed by atoms with Crippen molar-refractivity contribution in [1.82, 2.24) is 10.2 Å². The van der Waals surface area contributed by atoms with Gasteiger partial charge in [-0.3, -0.25) is 4.99 Å². The predicted octanol–water partition coefficient (Wildman–Crippen LogP) is 2.80. The predicted molar refractivity (Wildman–Crippen MR) is 96.8 cm³/mol. The molecule has 4 nitrogen and oxygen atoms in total. The molecule has 0 spiro atoms. The molecule has 0 aromatic heterocycles. The maximum absolute atomic E-state index is 5.62. The van der Waals surface area contributed by atoms with E-state index in [0.717, 1.165) is 45.2 Å². The van der Waals surface area contributed by atoms with Gasteiger partial charge in [0, 0.05) is 33.3 Å². The Morgan fingerprint density at radius 2 is 2.13 bits per heavy atom. The normalized spacial score (nSPS) is 18.7. The number of hydrogen-bond donors (Lipinski definition) is 1. The Bertz CT molecular complexity index is 473. The number of nitrogens with one attached hydrogen (secondary N) is 1. The van der Waals surface area contributed by atoms with Gasteiger partial charge < -0.3 is 15.0 Å². The molecule has 1 N–H and O–H groups in total. The average molecular weight is 317 g/mol. The molecule has 0 amide bonds. The van der Waals surface area contributed by atoms with Gasteiger partial charge in [0.05, 0.1) is 6.61 Å². The molecular formula is C19H31N3O. The summed E-state index contributed by atoms with van der Waals surface area (Å²) in [7, 11) is 1.86. The molecule has 1 unspecified atom stereocenters. The fraction of sp³-hybridized carbons (Fsp3) is 0.632. The summed E-state index contributed by atoms with van der Waals surface area (Å²) in [5.74, 6) is 2.31. The fourth-order valence-corrected chi connectivity index (χ4v) is 3.03. The van der Waals surface area contributed by atoms with Crippen LogP contribution >= 0.6 is 0 Å². The summed E-state index contributed by atoms with van der Waals surface area (Å²) >= 11 is 0. The van der Waals surface area contributed by atoms with E-state index in [1.54, 1.807) is 0 Å². The van der Waals surface area contributed by atoms with Crippen LogP contribution in [0.4, 0.5) is 0 Å². The first-order valence-electron chi connectivity index (χ1n) is 8.76. The van der Waals surface area contributed by atoms with E-state index >= 15 is 0 Å². The van der Waals surface area contributed by atoms with Gasteiger partial charge in [0.15, 0.2) is 5.96 Å². The Balaban J connectivity index is 1.71. The highest BCUT2D eigenvalue weighted by atomic mass is 16.5. The van der Waals surface area contributed by atoms with Gasteiger partial charge >= 0.3 is 0 Å². The second-order valence-corrected chi connectivity index (χ2v) is 6.73. The third-order valence-corrected chi connectivity index (χ3v) is 4.15. The van der Waals surface area contributed by atoms with E-state index in [-0.39, 0.29) is 0 Å². The summed E-state index contributed by atoms with van der Waals surface area (Å²) in [4.78, 5) is 6.79. The number of nitrogens with zero attached hydrogens (tertiary/aromatic N) is 2. The van der Waals surface area contributed by atoms with E-state index in [0.29, 0.717) is 11.8 Å². The van der Waals surface area contributed by atoms with Gasteiger partial charge in [0.2, 0.25) is 0 Å². The van der Waals surface area contributed by atoms with E-state index < -0.39 is 0 Å². The maximum atomic E-state index is 5.62. The van der Waals surface area contributed by atoms with Crippen LogP contribution in [0.3, 0.4) is 0 Å². The lowest BCUT2D eigenvalue weighted by Crippen LogP contribution is -2.41. The molecule has 128 valence electrons. The molecule has 0 radical (unpaired) electrons. The fourth-order valence-electron chi connectivity index (χ4n) is 3.03. The lowest BCUT2D eigenvalue weighted by Gasteiger charge is -2.22. The maximum Gasteiger partial charge on any atom is 0.193 e. The number of likely N-dealkylation sites (tertiary alicyclic amines) is 1. The number of rotatable bonds is 7.